The van der Waals surface area contributed by atoms with Crippen molar-refractivity contribution in [3.05, 3.63) is 66.7 Å². The molecule has 3 nitrogen and oxygen atoms in total. The zero-order chi connectivity index (χ0) is 16.5. The van der Waals surface area contributed by atoms with Gasteiger partial charge in [0.1, 0.15) is 12.9 Å². The Morgan fingerprint density at radius 2 is 1.74 bits per heavy atom. The summed E-state index contributed by atoms with van der Waals surface area (Å²) in [5.74, 6) is 0.656. The highest BCUT2D eigenvalue weighted by molar-refractivity contribution is 7.79. The third kappa shape index (κ3) is 4.34. The molecule has 4 heteroatoms. The van der Waals surface area contributed by atoms with E-state index in [1.807, 2.05) is 66.7 Å². The van der Waals surface area contributed by atoms with Gasteiger partial charge in [0.2, 0.25) is 0 Å². The molecule has 0 aliphatic heterocycles. The van der Waals surface area contributed by atoms with Crippen LogP contribution in [0.2, 0.25) is 0 Å². The molecule has 2 aromatic carbocycles. The third-order valence-electron chi connectivity index (χ3n) is 3.71. The Balaban J connectivity index is 2.40. The molecule has 2 rings (SSSR count). The van der Waals surface area contributed by atoms with Gasteiger partial charge in [-0.05, 0) is 25.0 Å². The van der Waals surface area contributed by atoms with Crippen LogP contribution in [0.25, 0.3) is 0 Å². The van der Waals surface area contributed by atoms with Crippen LogP contribution in [0.15, 0.2) is 66.7 Å². The smallest absolute Gasteiger partial charge is 0.150 e. The van der Waals surface area contributed by atoms with Gasteiger partial charge >= 0.3 is 0 Å². The van der Waals surface area contributed by atoms with Gasteiger partial charge in [-0.25, -0.2) is 0 Å². The van der Waals surface area contributed by atoms with E-state index in [0.717, 1.165) is 23.5 Å². The number of methoxy groups -OCH3 is 1. The number of rotatable bonds is 8. The Hall–Kier alpha value is -1.83. The standard InChI is InChI=1S/C19H23O3P/c1-22-18-13-7-8-14-19(18)23(21,16-10-3-2-9-15-20)17-11-5-4-6-12-17/h3-8,10-14,20H,2,9,15-16H2,1H3/b10-3+. The maximum absolute atomic E-state index is 13.8. The lowest BCUT2D eigenvalue weighted by molar-refractivity contribution is 0.289. The fraction of sp³-hybridized carbons (Fsp3) is 0.263. The summed E-state index contributed by atoms with van der Waals surface area (Å²) < 4.78 is 19.3. The molecule has 0 spiro atoms. The van der Waals surface area contributed by atoms with E-state index >= 15 is 0 Å². The van der Waals surface area contributed by atoms with Gasteiger partial charge in [-0.1, -0.05) is 54.6 Å². The van der Waals surface area contributed by atoms with Crippen LogP contribution in [-0.4, -0.2) is 25.0 Å². The number of ether oxygens (including phenoxy) is 1. The van der Waals surface area contributed by atoms with Crippen molar-refractivity contribution in [1.29, 1.82) is 0 Å². The first-order valence-corrected chi connectivity index (χ1v) is 9.65. The van der Waals surface area contributed by atoms with Crippen molar-refractivity contribution in [1.82, 2.24) is 0 Å². The molecule has 23 heavy (non-hydrogen) atoms. The van der Waals surface area contributed by atoms with Crippen LogP contribution in [-0.2, 0) is 4.57 Å². The molecular formula is C19H23O3P. The summed E-state index contributed by atoms with van der Waals surface area (Å²) in [5, 5.41) is 10.4. The number of allylic oxidation sites excluding steroid dienone is 2. The topological polar surface area (TPSA) is 46.5 Å². The van der Waals surface area contributed by atoms with E-state index in [1.54, 1.807) is 7.11 Å². The van der Waals surface area contributed by atoms with Crippen LogP contribution < -0.4 is 15.3 Å². The van der Waals surface area contributed by atoms with Gasteiger partial charge in [0.15, 0.2) is 0 Å². The molecule has 1 unspecified atom stereocenters. The fourth-order valence-electron chi connectivity index (χ4n) is 2.49. The van der Waals surface area contributed by atoms with Crippen LogP contribution in [0.1, 0.15) is 12.8 Å². The number of hydrogen-bond acceptors (Lipinski definition) is 3. The Labute approximate surface area is 138 Å². The minimum Gasteiger partial charge on any atom is -0.496 e. The molecule has 1 atom stereocenters. The minimum atomic E-state index is -2.80. The van der Waals surface area contributed by atoms with Crippen LogP contribution in [0.5, 0.6) is 5.75 Å². The first-order valence-electron chi connectivity index (χ1n) is 7.76. The Morgan fingerprint density at radius 1 is 1.04 bits per heavy atom. The lowest BCUT2D eigenvalue weighted by atomic mass is 10.3. The number of hydrogen-bond donors (Lipinski definition) is 1. The number of benzene rings is 2. The van der Waals surface area contributed by atoms with Gasteiger partial charge in [-0.2, -0.15) is 0 Å². The van der Waals surface area contributed by atoms with E-state index in [1.165, 1.54) is 0 Å². The number of unbranched alkanes of at least 4 members (excludes halogenated alkanes) is 1. The molecule has 0 aliphatic rings. The van der Waals surface area contributed by atoms with Gasteiger partial charge in [0, 0.05) is 18.1 Å². The number of para-hydroxylation sites is 1. The zero-order valence-electron chi connectivity index (χ0n) is 13.4. The zero-order valence-corrected chi connectivity index (χ0v) is 14.3. The normalized spacial score (nSPS) is 13.8. The summed E-state index contributed by atoms with van der Waals surface area (Å²) >= 11 is 0. The summed E-state index contributed by atoms with van der Waals surface area (Å²) in [7, 11) is -1.20. The molecule has 0 aliphatic carbocycles. The van der Waals surface area contributed by atoms with Crippen molar-refractivity contribution in [3.63, 3.8) is 0 Å². The quantitative estimate of drug-likeness (QED) is 0.459. The largest absolute Gasteiger partial charge is 0.496 e. The molecule has 122 valence electrons. The predicted octanol–water partition coefficient (Wildman–Crippen LogP) is 3.34. The molecule has 0 bridgehead atoms. The second kappa shape index (κ2) is 8.71. The van der Waals surface area contributed by atoms with E-state index in [0.29, 0.717) is 11.9 Å². The van der Waals surface area contributed by atoms with Crippen molar-refractivity contribution < 1.29 is 14.4 Å². The summed E-state index contributed by atoms with van der Waals surface area (Å²) in [6.45, 7) is 0.174. The highest BCUT2D eigenvalue weighted by Crippen LogP contribution is 2.45. The fourth-order valence-corrected chi connectivity index (χ4v) is 5.12. The van der Waals surface area contributed by atoms with Gasteiger partial charge in [0.25, 0.3) is 0 Å². The Morgan fingerprint density at radius 3 is 2.43 bits per heavy atom. The van der Waals surface area contributed by atoms with Crippen LogP contribution >= 0.6 is 7.14 Å². The van der Waals surface area contributed by atoms with Gasteiger partial charge < -0.3 is 14.4 Å². The first-order chi connectivity index (χ1) is 11.2. The number of aliphatic hydroxyl groups is 1. The van der Waals surface area contributed by atoms with Gasteiger partial charge in [0.05, 0.1) is 12.4 Å². The molecule has 0 fully saturated rings. The molecular weight excluding hydrogens is 307 g/mol. The molecule has 2 aromatic rings. The Kier molecular flexibility index (Phi) is 6.64. The minimum absolute atomic E-state index is 0.174. The van der Waals surface area contributed by atoms with Crippen molar-refractivity contribution in [3.8, 4) is 5.75 Å². The van der Waals surface area contributed by atoms with E-state index < -0.39 is 7.14 Å². The Bertz CT molecular complexity index is 680. The van der Waals surface area contributed by atoms with E-state index in [4.69, 9.17) is 9.84 Å². The van der Waals surface area contributed by atoms with E-state index in [-0.39, 0.29) is 6.61 Å². The lowest BCUT2D eigenvalue weighted by Gasteiger charge is -2.20. The van der Waals surface area contributed by atoms with Gasteiger partial charge in [-0.3, -0.25) is 0 Å². The summed E-state index contributed by atoms with van der Waals surface area (Å²) in [5.41, 5.74) is 0. The van der Waals surface area contributed by atoms with Crippen LogP contribution in [0.4, 0.5) is 0 Å². The average molecular weight is 330 g/mol. The second-order valence-corrected chi connectivity index (χ2v) is 8.11. The molecule has 0 aromatic heterocycles. The van der Waals surface area contributed by atoms with E-state index in [9.17, 15) is 4.57 Å². The van der Waals surface area contributed by atoms with Crippen LogP contribution in [0, 0.1) is 0 Å². The molecule has 1 N–H and O–H groups in total. The van der Waals surface area contributed by atoms with Gasteiger partial charge in [-0.15, -0.1) is 0 Å². The maximum Gasteiger partial charge on any atom is 0.150 e. The summed E-state index contributed by atoms with van der Waals surface area (Å²) in [4.78, 5) is 0. The summed E-state index contributed by atoms with van der Waals surface area (Å²) in [6.07, 6.45) is 5.90. The van der Waals surface area contributed by atoms with Crippen molar-refractivity contribution >= 4 is 17.8 Å². The molecule has 0 saturated heterocycles. The highest BCUT2D eigenvalue weighted by Gasteiger charge is 2.28. The van der Waals surface area contributed by atoms with Crippen molar-refractivity contribution in [2.24, 2.45) is 0 Å². The monoisotopic (exact) mass is 330 g/mol. The van der Waals surface area contributed by atoms with E-state index in [2.05, 4.69) is 0 Å². The molecule has 0 heterocycles. The predicted molar refractivity (Wildman–Crippen MR) is 96.6 cm³/mol. The lowest BCUT2D eigenvalue weighted by Crippen LogP contribution is -2.19. The first kappa shape index (κ1) is 17.5. The van der Waals surface area contributed by atoms with Crippen molar-refractivity contribution in [2.75, 3.05) is 19.9 Å². The summed E-state index contributed by atoms with van der Waals surface area (Å²) in [6, 6.07) is 17.1. The SMILES string of the molecule is COc1ccccc1P(=O)(C/C=C/CCCO)c1ccccc1. The van der Waals surface area contributed by atoms with Crippen LogP contribution in [0.3, 0.4) is 0 Å². The highest BCUT2D eigenvalue weighted by atomic mass is 31.2. The maximum atomic E-state index is 13.8. The molecule has 0 radical (unpaired) electrons. The van der Waals surface area contributed by atoms with Crippen molar-refractivity contribution in [2.45, 2.75) is 12.8 Å². The molecule has 0 saturated carbocycles. The third-order valence-corrected chi connectivity index (χ3v) is 6.71. The number of aliphatic hydroxyl groups excluding tert-OH is 1. The molecule has 0 amide bonds. The second-order valence-electron chi connectivity index (χ2n) is 5.27. The average Bonchev–Trinajstić information content (AvgIpc) is 2.62.